The lowest BCUT2D eigenvalue weighted by atomic mass is 9.67. The van der Waals surface area contributed by atoms with Crippen LogP contribution in [0.3, 0.4) is 0 Å². The van der Waals surface area contributed by atoms with Crippen molar-refractivity contribution >= 4 is 0 Å². The van der Waals surface area contributed by atoms with Crippen molar-refractivity contribution in [2.75, 3.05) is 13.9 Å². The van der Waals surface area contributed by atoms with Gasteiger partial charge in [0.1, 0.15) is 6.79 Å². The van der Waals surface area contributed by atoms with E-state index in [9.17, 15) is 10.2 Å². The van der Waals surface area contributed by atoms with Crippen LogP contribution >= 0.6 is 0 Å². The van der Waals surface area contributed by atoms with Crippen molar-refractivity contribution in [2.45, 2.75) is 124 Å². The van der Waals surface area contributed by atoms with E-state index in [1.165, 1.54) is 31.3 Å². The Balaban J connectivity index is 2.02. The molecule has 0 aromatic heterocycles. The van der Waals surface area contributed by atoms with Gasteiger partial charge in [-0.2, -0.15) is 0 Å². The first-order valence-corrected chi connectivity index (χ1v) is 13.4. The van der Waals surface area contributed by atoms with Gasteiger partial charge in [-0.25, -0.2) is 0 Å². The van der Waals surface area contributed by atoms with Crippen LogP contribution in [-0.4, -0.2) is 41.9 Å². The maximum atomic E-state index is 10.0. The zero-order valence-electron chi connectivity index (χ0n) is 22.5. The van der Waals surface area contributed by atoms with Crippen LogP contribution in [0.2, 0.25) is 0 Å². The van der Waals surface area contributed by atoms with Gasteiger partial charge in [-0.3, -0.25) is 0 Å². The lowest BCUT2D eigenvalue weighted by molar-refractivity contribution is -0.118. The maximum absolute atomic E-state index is 10.0. The molecular formula is C29H52O4. The number of rotatable bonds is 12. The van der Waals surface area contributed by atoms with Crippen LogP contribution in [0.15, 0.2) is 23.3 Å². The molecular weight excluding hydrogens is 412 g/mol. The molecule has 4 heteroatoms. The van der Waals surface area contributed by atoms with Gasteiger partial charge in [-0.15, -0.1) is 0 Å². The highest BCUT2D eigenvalue weighted by Crippen LogP contribution is 2.54. The van der Waals surface area contributed by atoms with Gasteiger partial charge in [0, 0.05) is 7.11 Å². The quantitative estimate of drug-likeness (QED) is 0.312. The maximum Gasteiger partial charge on any atom is 0.147 e. The summed E-state index contributed by atoms with van der Waals surface area (Å²) in [5.74, 6) is 2.05. The van der Waals surface area contributed by atoms with Crippen molar-refractivity contribution in [3.8, 4) is 0 Å². The summed E-state index contributed by atoms with van der Waals surface area (Å²) in [4.78, 5) is 0. The molecule has 33 heavy (non-hydrogen) atoms. The van der Waals surface area contributed by atoms with Crippen LogP contribution in [0.4, 0.5) is 0 Å². The molecule has 2 N–H and O–H groups in total. The van der Waals surface area contributed by atoms with Gasteiger partial charge in [0.15, 0.2) is 0 Å². The average Bonchev–Trinajstić information content (AvgIpc) is 3.03. The molecule has 2 rings (SSSR count). The van der Waals surface area contributed by atoms with Crippen LogP contribution in [0.1, 0.15) is 106 Å². The normalized spacial score (nSPS) is 29.4. The summed E-state index contributed by atoms with van der Waals surface area (Å²) in [5.41, 5.74) is 2.91. The number of hydrogen-bond acceptors (Lipinski definition) is 4. The van der Waals surface area contributed by atoms with E-state index in [2.05, 4.69) is 53.7 Å². The van der Waals surface area contributed by atoms with Crippen LogP contribution in [-0.2, 0) is 9.47 Å². The number of hydrogen-bond donors (Lipinski definition) is 2. The topological polar surface area (TPSA) is 58.9 Å². The summed E-state index contributed by atoms with van der Waals surface area (Å²) in [6.07, 6.45) is 14.0. The average molecular weight is 465 g/mol. The minimum absolute atomic E-state index is 0.131. The molecule has 0 amide bonds. The largest absolute Gasteiger partial charge is 0.393 e. The Hall–Kier alpha value is -0.680. The second-order valence-electron chi connectivity index (χ2n) is 12.0. The lowest BCUT2D eigenvalue weighted by Gasteiger charge is -2.38. The third kappa shape index (κ3) is 8.49. The van der Waals surface area contributed by atoms with Crippen LogP contribution < -0.4 is 0 Å². The van der Waals surface area contributed by atoms with Gasteiger partial charge in [-0.1, -0.05) is 70.3 Å². The molecule has 5 atom stereocenters. The second-order valence-corrected chi connectivity index (χ2v) is 12.0. The molecule has 4 nitrogen and oxygen atoms in total. The Morgan fingerprint density at radius 3 is 2.45 bits per heavy atom. The zero-order chi connectivity index (χ0) is 24.6. The van der Waals surface area contributed by atoms with Gasteiger partial charge in [-0.05, 0) is 82.0 Å². The molecule has 0 heterocycles. The smallest absolute Gasteiger partial charge is 0.147 e. The fraction of sp³-hybridized carbons (Fsp3) is 0.862. The van der Waals surface area contributed by atoms with Crippen molar-refractivity contribution in [3.05, 3.63) is 23.3 Å². The van der Waals surface area contributed by atoms with Gasteiger partial charge in [0.25, 0.3) is 0 Å². The summed E-state index contributed by atoms with van der Waals surface area (Å²) in [6, 6.07) is 0. The summed E-state index contributed by atoms with van der Waals surface area (Å²) in [7, 11) is 1.68. The first kappa shape index (κ1) is 28.6. The van der Waals surface area contributed by atoms with Crippen LogP contribution in [0.5, 0.6) is 0 Å². The van der Waals surface area contributed by atoms with E-state index < -0.39 is 12.2 Å². The Labute approximate surface area is 203 Å². The first-order valence-electron chi connectivity index (χ1n) is 13.4. The lowest BCUT2D eigenvalue weighted by Crippen LogP contribution is -2.31. The minimum Gasteiger partial charge on any atom is -0.393 e. The molecule has 2 aliphatic rings. The Morgan fingerprint density at radius 2 is 1.85 bits per heavy atom. The number of aliphatic hydroxyl groups excluding tert-OH is 2. The summed E-state index contributed by atoms with van der Waals surface area (Å²) >= 11 is 0. The molecule has 0 radical (unpaired) electrons. The molecule has 0 saturated heterocycles. The first-order chi connectivity index (χ1) is 15.5. The van der Waals surface area contributed by atoms with Crippen molar-refractivity contribution in [3.63, 3.8) is 0 Å². The molecule has 2 saturated carbocycles. The SMILES string of the molecule is CCC/C(=C\C=C1C[C@@H](O)C[C@H](O)C1)[C@@H]1CC[C@H]([C@H](C)CCCC(C)(C)OCOC)C1(C)C. The number of methoxy groups -OCH3 is 1. The van der Waals surface area contributed by atoms with Crippen molar-refractivity contribution < 1.29 is 19.7 Å². The van der Waals surface area contributed by atoms with Gasteiger partial charge in [0.05, 0.1) is 17.8 Å². The molecule has 0 aromatic carbocycles. The highest BCUT2D eigenvalue weighted by Gasteiger charge is 2.45. The number of aliphatic hydroxyl groups is 2. The molecule has 2 aliphatic carbocycles. The van der Waals surface area contributed by atoms with Crippen molar-refractivity contribution in [2.24, 2.45) is 23.2 Å². The van der Waals surface area contributed by atoms with E-state index >= 15 is 0 Å². The third-order valence-electron chi connectivity index (χ3n) is 8.37. The van der Waals surface area contributed by atoms with Gasteiger partial charge < -0.3 is 19.7 Å². The van der Waals surface area contributed by atoms with Gasteiger partial charge in [0.2, 0.25) is 0 Å². The third-order valence-corrected chi connectivity index (χ3v) is 8.37. The Kier molecular flexibility index (Phi) is 11.1. The van der Waals surface area contributed by atoms with Gasteiger partial charge >= 0.3 is 0 Å². The molecule has 0 unspecified atom stereocenters. The summed E-state index contributed by atoms with van der Waals surface area (Å²) in [5, 5.41) is 20.1. The number of ether oxygens (including phenoxy) is 2. The highest BCUT2D eigenvalue weighted by atomic mass is 16.7. The second kappa shape index (κ2) is 12.9. The number of allylic oxidation sites excluding steroid dienone is 3. The predicted octanol–water partition coefficient (Wildman–Crippen LogP) is 6.80. The molecule has 0 aromatic rings. The Morgan fingerprint density at radius 1 is 1.18 bits per heavy atom. The molecule has 192 valence electrons. The van der Waals surface area contributed by atoms with E-state index in [1.807, 2.05) is 0 Å². The minimum atomic E-state index is -0.402. The van der Waals surface area contributed by atoms with E-state index in [-0.39, 0.29) is 11.0 Å². The standard InChI is InChI=1S/C29H52O4/c1-8-10-23(13-12-22-17-24(30)19-25(31)18-22)27-15-14-26(29(27,5)6)21(2)11-9-16-28(3,4)33-20-32-7/h12-13,21,24-27,30-31H,8-11,14-20H2,1-7H3/b23-13+/t21-,24-,25-,26-,27+/m1/s1. The zero-order valence-corrected chi connectivity index (χ0v) is 22.5. The summed E-state index contributed by atoms with van der Waals surface area (Å²) < 4.78 is 10.9. The van der Waals surface area contributed by atoms with E-state index in [0.29, 0.717) is 37.9 Å². The monoisotopic (exact) mass is 464 g/mol. The van der Waals surface area contributed by atoms with Crippen molar-refractivity contribution in [1.82, 2.24) is 0 Å². The van der Waals surface area contributed by atoms with Crippen LogP contribution in [0, 0.1) is 23.2 Å². The van der Waals surface area contributed by atoms with Crippen LogP contribution in [0.25, 0.3) is 0 Å². The fourth-order valence-electron chi connectivity index (χ4n) is 6.56. The fourth-order valence-corrected chi connectivity index (χ4v) is 6.56. The van der Waals surface area contributed by atoms with E-state index in [4.69, 9.17) is 9.47 Å². The van der Waals surface area contributed by atoms with E-state index in [1.54, 1.807) is 12.7 Å². The van der Waals surface area contributed by atoms with Crippen molar-refractivity contribution in [1.29, 1.82) is 0 Å². The van der Waals surface area contributed by atoms with E-state index in [0.717, 1.165) is 25.2 Å². The molecule has 0 spiro atoms. The highest BCUT2D eigenvalue weighted by molar-refractivity contribution is 5.24. The molecule has 2 fully saturated rings. The summed E-state index contributed by atoms with van der Waals surface area (Å²) in [6.45, 7) is 14.4. The Bertz CT molecular complexity index is 636. The predicted molar refractivity (Wildman–Crippen MR) is 137 cm³/mol. The molecule has 0 aliphatic heterocycles. The molecule has 0 bridgehead atoms.